The second-order valence-corrected chi connectivity index (χ2v) is 3.76. The van der Waals surface area contributed by atoms with Gasteiger partial charge in [0.2, 0.25) is 0 Å². The summed E-state index contributed by atoms with van der Waals surface area (Å²) >= 11 is 0. The van der Waals surface area contributed by atoms with E-state index in [0.717, 1.165) is 12.8 Å². The van der Waals surface area contributed by atoms with E-state index in [9.17, 15) is 4.79 Å². The van der Waals surface area contributed by atoms with Gasteiger partial charge in [-0.3, -0.25) is 4.79 Å². The third-order valence-electron chi connectivity index (χ3n) is 2.45. The van der Waals surface area contributed by atoms with E-state index in [1.807, 2.05) is 6.92 Å². The molecule has 1 aromatic carbocycles. The first kappa shape index (κ1) is 12.5. The maximum atomic E-state index is 11.6. The minimum absolute atomic E-state index is 0.136. The fraction of sp³-hybridized carbons (Fsp3) is 0.417. The second-order valence-electron chi connectivity index (χ2n) is 3.76. The van der Waals surface area contributed by atoms with Crippen LogP contribution in [0.3, 0.4) is 0 Å². The predicted octanol–water partition coefficient (Wildman–Crippen LogP) is 1.25. The van der Waals surface area contributed by atoms with Crippen LogP contribution in [0.15, 0.2) is 24.3 Å². The maximum absolute atomic E-state index is 11.6. The van der Waals surface area contributed by atoms with Crippen LogP contribution in [0, 0.1) is 0 Å². The molecule has 0 bridgehead atoms. The van der Waals surface area contributed by atoms with Crippen molar-refractivity contribution in [3.63, 3.8) is 0 Å². The van der Waals surface area contributed by atoms with E-state index < -0.39 is 0 Å². The van der Waals surface area contributed by atoms with Gasteiger partial charge in [-0.05, 0) is 37.1 Å². The van der Waals surface area contributed by atoms with Gasteiger partial charge < -0.3 is 16.2 Å². The molecule has 0 spiro atoms. The highest BCUT2D eigenvalue weighted by molar-refractivity contribution is 5.94. The highest BCUT2D eigenvalue weighted by Gasteiger charge is 2.05. The van der Waals surface area contributed by atoms with Crippen LogP contribution in [0.2, 0.25) is 0 Å². The van der Waals surface area contributed by atoms with E-state index >= 15 is 0 Å². The summed E-state index contributed by atoms with van der Waals surface area (Å²) in [5.41, 5.74) is 6.28. The zero-order valence-electron chi connectivity index (χ0n) is 9.44. The van der Waals surface area contributed by atoms with E-state index in [2.05, 4.69) is 5.32 Å². The van der Waals surface area contributed by atoms with E-state index in [4.69, 9.17) is 10.8 Å². The Hall–Kier alpha value is -1.55. The molecule has 0 saturated heterocycles. The van der Waals surface area contributed by atoms with E-state index in [-0.39, 0.29) is 17.7 Å². The predicted molar refractivity (Wildman–Crippen MR) is 63.3 cm³/mol. The molecule has 1 amide bonds. The number of amides is 1. The fourth-order valence-corrected chi connectivity index (χ4v) is 1.29. The Balaban J connectivity index is 2.38. The number of rotatable bonds is 5. The van der Waals surface area contributed by atoms with Gasteiger partial charge in [-0.1, -0.05) is 6.92 Å². The van der Waals surface area contributed by atoms with Crippen molar-refractivity contribution in [1.29, 1.82) is 0 Å². The van der Waals surface area contributed by atoms with Crippen LogP contribution in [0.4, 0.5) is 0 Å². The highest BCUT2D eigenvalue weighted by atomic mass is 16.3. The van der Waals surface area contributed by atoms with Gasteiger partial charge in [0.15, 0.2) is 0 Å². The molecule has 88 valence electrons. The Bertz CT molecular complexity index is 335. The van der Waals surface area contributed by atoms with Gasteiger partial charge in [0.25, 0.3) is 5.91 Å². The molecular formula is C12H18N2O2. The largest absolute Gasteiger partial charge is 0.508 e. The number of carbonyl (C=O) groups is 1. The Labute approximate surface area is 95.5 Å². The number of aromatic hydroxyl groups is 1. The minimum atomic E-state index is -0.136. The lowest BCUT2D eigenvalue weighted by molar-refractivity contribution is 0.0952. The average Bonchev–Trinajstić information content (AvgIpc) is 2.29. The lowest BCUT2D eigenvalue weighted by Crippen LogP contribution is -2.29. The van der Waals surface area contributed by atoms with Crippen LogP contribution in [0.1, 0.15) is 30.1 Å². The Kier molecular flexibility index (Phi) is 4.79. The Morgan fingerprint density at radius 2 is 2.06 bits per heavy atom. The number of carbonyl (C=O) groups excluding carboxylic acids is 1. The Morgan fingerprint density at radius 1 is 1.44 bits per heavy atom. The molecular weight excluding hydrogens is 204 g/mol. The van der Waals surface area contributed by atoms with Gasteiger partial charge in [-0.15, -0.1) is 0 Å². The SMILES string of the molecule is CCC(N)CCNC(=O)c1ccc(O)cc1. The number of nitrogens with one attached hydrogen (secondary N) is 1. The van der Waals surface area contributed by atoms with Gasteiger partial charge in [0.1, 0.15) is 5.75 Å². The summed E-state index contributed by atoms with van der Waals surface area (Å²) in [6, 6.07) is 6.30. The van der Waals surface area contributed by atoms with Gasteiger partial charge in [0.05, 0.1) is 0 Å². The van der Waals surface area contributed by atoms with Gasteiger partial charge in [-0.2, -0.15) is 0 Å². The maximum Gasteiger partial charge on any atom is 0.251 e. The van der Waals surface area contributed by atoms with Crippen molar-refractivity contribution in [1.82, 2.24) is 5.32 Å². The van der Waals surface area contributed by atoms with Crippen LogP contribution >= 0.6 is 0 Å². The van der Waals surface area contributed by atoms with Gasteiger partial charge in [-0.25, -0.2) is 0 Å². The van der Waals surface area contributed by atoms with Crippen molar-refractivity contribution in [2.75, 3.05) is 6.54 Å². The summed E-state index contributed by atoms with van der Waals surface area (Å²) in [5.74, 6) is 0.0212. The van der Waals surface area contributed by atoms with E-state index in [1.54, 1.807) is 12.1 Å². The first-order chi connectivity index (χ1) is 7.63. The monoisotopic (exact) mass is 222 g/mol. The topological polar surface area (TPSA) is 75.3 Å². The summed E-state index contributed by atoms with van der Waals surface area (Å²) in [4.78, 5) is 11.6. The van der Waals surface area contributed by atoms with Crippen LogP contribution in [0.5, 0.6) is 5.75 Å². The summed E-state index contributed by atoms with van der Waals surface area (Å²) < 4.78 is 0. The molecule has 0 aliphatic carbocycles. The molecule has 4 N–H and O–H groups in total. The molecule has 0 radical (unpaired) electrons. The molecule has 4 heteroatoms. The van der Waals surface area contributed by atoms with Crippen molar-refractivity contribution in [2.24, 2.45) is 5.73 Å². The summed E-state index contributed by atoms with van der Waals surface area (Å²) in [6.07, 6.45) is 1.69. The minimum Gasteiger partial charge on any atom is -0.508 e. The lowest BCUT2D eigenvalue weighted by atomic mass is 10.1. The fourth-order valence-electron chi connectivity index (χ4n) is 1.29. The average molecular weight is 222 g/mol. The van der Waals surface area contributed by atoms with Crippen molar-refractivity contribution in [3.05, 3.63) is 29.8 Å². The van der Waals surface area contributed by atoms with Crippen LogP contribution in [-0.2, 0) is 0 Å². The van der Waals surface area contributed by atoms with Crippen molar-refractivity contribution < 1.29 is 9.90 Å². The number of benzene rings is 1. The third-order valence-corrected chi connectivity index (χ3v) is 2.45. The van der Waals surface area contributed by atoms with Gasteiger partial charge in [0, 0.05) is 18.2 Å². The molecule has 0 heterocycles. The number of hydrogen-bond acceptors (Lipinski definition) is 3. The molecule has 0 fully saturated rings. The van der Waals surface area contributed by atoms with Crippen LogP contribution in [-0.4, -0.2) is 23.6 Å². The van der Waals surface area contributed by atoms with Crippen molar-refractivity contribution in [2.45, 2.75) is 25.8 Å². The molecule has 1 rings (SSSR count). The molecule has 0 aliphatic heterocycles. The van der Waals surface area contributed by atoms with Crippen molar-refractivity contribution in [3.8, 4) is 5.75 Å². The van der Waals surface area contributed by atoms with Gasteiger partial charge >= 0.3 is 0 Å². The summed E-state index contributed by atoms with van der Waals surface area (Å²) in [6.45, 7) is 2.60. The quantitative estimate of drug-likeness (QED) is 0.701. The standard InChI is InChI=1S/C12H18N2O2/c1-2-10(13)7-8-14-12(16)9-3-5-11(15)6-4-9/h3-6,10,15H,2,7-8,13H2,1H3,(H,14,16). The van der Waals surface area contributed by atoms with E-state index in [0.29, 0.717) is 12.1 Å². The Morgan fingerprint density at radius 3 is 2.62 bits per heavy atom. The van der Waals surface area contributed by atoms with E-state index in [1.165, 1.54) is 12.1 Å². The summed E-state index contributed by atoms with van der Waals surface area (Å²) in [7, 11) is 0. The molecule has 16 heavy (non-hydrogen) atoms. The molecule has 4 nitrogen and oxygen atoms in total. The molecule has 0 saturated carbocycles. The molecule has 0 aliphatic rings. The lowest BCUT2D eigenvalue weighted by Gasteiger charge is -2.09. The number of phenolic OH excluding ortho intramolecular Hbond substituents is 1. The number of hydrogen-bond donors (Lipinski definition) is 3. The first-order valence-corrected chi connectivity index (χ1v) is 5.46. The van der Waals surface area contributed by atoms with Crippen LogP contribution < -0.4 is 11.1 Å². The second kappa shape index (κ2) is 6.12. The molecule has 1 atom stereocenters. The molecule has 1 aromatic rings. The highest BCUT2D eigenvalue weighted by Crippen LogP contribution is 2.09. The van der Waals surface area contributed by atoms with Crippen molar-refractivity contribution >= 4 is 5.91 Å². The normalized spacial score (nSPS) is 12.1. The zero-order valence-corrected chi connectivity index (χ0v) is 9.44. The third kappa shape index (κ3) is 3.90. The number of nitrogens with two attached hydrogens (primary N) is 1. The first-order valence-electron chi connectivity index (χ1n) is 5.46. The zero-order chi connectivity index (χ0) is 12.0. The molecule has 0 aromatic heterocycles. The smallest absolute Gasteiger partial charge is 0.251 e. The number of phenols is 1. The van der Waals surface area contributed by atoms with Crippen LogP contribution in [0.25, 0.3) is 0 Å². The summed E-state index contributed by atoms with van der Waals surface area (Å²) in [5, 5.41) is 11.9. The molecule has 1 unspecified atom stereocenters.